The number of hydrogen-bond acceptors (Lipinski definition) is 2. The number of carbonyl (C=O) groups is 2. The Labute approximate surface area is 90.8 Å². The molecule has 1 unspecified atom stereocenters. The van der Waals surface area contributed by atoms with E-state index in [2.05, 4.69) is 0 Å². The molecule has 1 heterocycles. The highest BCUT2D eigenvalue weighted by atomic mass is 16.2. The van der Waals surface area contributed by atoms with Crippen molar-refractivity contribution >= 4 is 11.8 Å². The summed E-state index contributed by atoms with van der Waals surface area (Å²) in [5.74, 6) is -0.347. The van der Waals surface area contributed by atoms with Crippen LogP contribution in [0, 0.1) is 11.3 Å². The van der Waals surface area contributed by atoms with Crippen LogP contribution in [0.15, 0.2) is 0 Å². The van der Waals surface area contributed by atoms with E-state index in [4.69, 9.17) is 5.73 Å². The van der Waals surface area contributed by atoms with Gasteiger partial charge in [0, 0.05) is 18.5 Å². The highest BCUT2D eigenvalue weighted by molar-refractivity contribution is 5.83. The average molecular weight is 212 g/mol. The van der Waals surface area contributed by atoms with Crippen molar-refractivity contribution in [1.29, 1.82) is 0 Å². The third kappa shape index (κ3) is 2.94. The summed E-state index contributed by atoms with van der Waals surface area (Å²) in [6.45, 7) is 6.92. The lowest BCUT2D eigenvalue weighted by Gasteiger charge is -2.35. The van der Waals surface area contributed by atoms with E-state index in [-0.39, 0.29) is 23.1 Å². The topological polar surface area (TPSA) is 63.4 Å². The van der Waals surface area contributed by atoms with Crippen LogP contribution in [0.5, 0.6) is 0 Å². The molecule has 1 atom stereocenters. The molecule has 0 bridgehead atoms. The second-order valence-corrected chi connectivity index (χ2v) is 5.24. The summed E-state index contributed by atoms with van der Waals surface area (Å²) >= 11 is 0. The second-order valence-electron chi connectivity index (χ2n) is 5.24. The molecule has 1 aliphatic heterocycles. The van der Waals surface area contributed by atoms with Gasteiger partial charge in [-0.2, -0.15) is 0 Å². The van der Waals surface area contributed by atoms with Gasteiger partial charge in [-0.05, 0) is 12.8 Å². The zero-order valence-electron chi connectivity index (χ0n) is 9.75. The fraction of sp³-hybridized carbons (Fsp3) is 0.818. The zero-order valence-corrected chi connectivity index (χ0v) is 9.75. The van der Waals surface area contributed by atoms with Crippen molar-refractivity contribution < 1.29 is 9.59 Å². The molecule has 1 aliphatic rings. The fourth-order valence-electron chi connectivity index (χ4n) is 1.87. The number of likely N-dealkylation sites (tertiary alicyclic amines) is 1. The highest BCUT2D eigenvalue weighted by Gasteiger charge is 2.32. The highest BCUT2D eigenvalue weighted by Crippen LogP contribution is 2.23. The summed E-state index contributed by atoms with van der Waals surface area (Å²) in [5.41, 5.74) is 4.89. The van der Waals surface area contributed by atoms with Crippen molar-refractivity contribution in [3.8, 4) is 0 Å². The summed E-state index contributed by atoms with van der Waals surface area (Å²) in [6.07, 6.45) is 1.68. The number of primary amides is 1. The standard InChI is InChI=1S/C11H20N2O2/c1-11(2,3)10(15)13-6-4-5-8(7-13)9(12)14/h8H,4-7H2,1-3H3,(H2,12,14). The maximum Gasteiger partial charge on any atom is 0.227 e. The van der Waals surface area contributed by atoms with Gasteiger partial charge >= 0.3 is 0 Å². The van der Waals surface area contributed by atoms with Gasteiger partial charge in [-0.1, -0.05) is 20.8 Å². The predicted octanol–water partition coefficient (Wildman–Crippen LogP) is 0.756. The molecule has 0 aromatic carbocycles. The zero-order chi connectivity index (χ0) is 11.6. The SMILES string of the molecule is CC(C)(C)C(=O)N1CCCC(C(N)=O)C1. The molecule has 0 saturated carbocycles. The Bertz CT molecular complexity index is 268. The summed E-state index contributed by atoms with van der Waals surface area (Å²) in [5, 5.41) is 0. The van der Waals surface area contributed by atoms with Crippen molar-refractivity contribution in [3.05, 3.63) is 0 Å². The first-order chi connectivity index (χ1) is 6.82. The van der Waals surface area contributed by atoms with E-state index in [0.717, 1.165) is 19.4 Å². The molecule has 0 spiro atoms. The molecule has 86 valence electrons. The third-order valence-corrected chi connectivity index (χ3v) is 2.75. The maximum atomic E-state index is 12.0. The van der Waals surface area contributed by atoms with E-state index in [1.807, 2.05) is 20.8 Å². The van der Waals surface area contributed by atoms with Gasteiger partial charge < -0.3 is 10.6 Å². The number of nitrogens with two attached hydrogens (primary N) is 1. The third-order valence-electron chi connectivity index (χ3n) is 2.75. The number of carbonyl (C=O) groups excluding carboxylic acids is 2. The molecular weight excluding hydrogens is 192 g/mol. The number of hydrogen-bond donors (Lipinski definition) is 1. The normalized spacial score (nSPS) is 22.6. The van der Waals surface area contributed by atoms with E-state index in [0.29, 0.717) is 6.54 Å². The largest absolute Gasteiger partial charge is 0.369 e. The Morgan fingerprint density at radius 3 is 2.40 bits per heavy atom. The Morgan fingerprint density at radius 2 is 1.93 bits per heavy atom. The number of piperidine rings is 1. The molecule has 4 heteroatoms. The van der Waals surface area contributed by atoms with Crippen molar-refractivity contribution in [3.63, 3.8) is 0 Å². The Kier molecular flexibility index (Phi) is 3.37. The molecule has 4 nitrogen and oxygen atoms in total. The smallest absolute Gasteiger partial charge is 0.227 e. The van der Waals surface area contributed by atoms with Crippen LogP contribution in [-0.2, 0) is 9.59 Å². The van der Waals surface area contributed by atoms with Gasteiger partial charge in [-0.3, -0.25) is 9.59 Å². The number of nitrogens with zero attached hydrogens (tertiary/aromatic N) is 1. The van der Waals surface area contributed by atoms with Crippen LogP contribution in [0.25, 0.3) is 0 Å². The van der Waals surface area contributed by atoms with Crippen LogP contribution >= 0.6 is 0 Å². The first-order valence-corrected chi connectivity index (χ1v) is 5.41. The molecule has 1 saturated heterocycles. The lowest BCUT2D eigenvalue weighted by atomic mass is 9.91. The first kappa shape index (κ1) is 12.0. The van der Waals surface area contributed by atoms with E-state index >= 15 is 0 Å². The van der Waals surface area contributed by atoms with E-state index in [1.54, 1.807) is 4.90 Å². The van der Waals surface area contributed by atoms with Crippen LogP contribution in [0.1, 0.15) is 33.6 Å². The average Bonchev–Trinajstić information content (AvgIpc) is 2.15. The summed E-state index contributed by atoms with van der Waals surface area (Å²) in [4.78, 5) is 24.8. The maximum absolute atomic E-state index is 12.0. The molecule has 2 amide bonds. The molecule has 0 aromatic heterocycles. The number of rotatable bonds is 1. The monoisotopic (exact) mass is 212 g/mol. The van der Waals surface area contributed by atoms with Gasteiger partial charge in [-0.25, -0.2) is 0 Å². The van der Waals surface area contributed by atoms with Gasteiger partial charge in [0.05, 0.1) is 5.92 Å². The van der Waals surface area contributed by atoms with Crippen molar-refractivity contribution in [1.82, 2.24) is 4.90 Å². The molecule has 1 rings (SSSR count). The van der Waals surface area contributed by atoms with Crippen LogP contribution in [0.2, 0.25) is 0 Å². The van der Waals surface area contributed by atoms with Crippen LogP contribution < -0.4 is 5.73 Å². The summed E-state index contributed by atoms with van der Waals surface area (Å²) < 4.78 is 0. The van der Waals surface area contributed by atoms with Gasteiger partial charge in [0.1, 0.15) is 0 Å². The van der Waals surface area contributed by atoms with E-state index in [9.17, 15) is 9.59 Å². The molecule has 0 radical (unpaired) electrons. The predicted molar refractivity (Wildman–Crippen MR) is 58.0 cm³/mol. The van der Waals surface area contributed by atoms with Crippen LogP contribution in [0.3, 0.4) is 0 Å². The minimum Gasteiger partial charge on any atom is -0.369 e. The van der Waals surface area contributed by atoms with Gasteiger partial charge in [0.25, 0.3) is 0 Å². The first-order valence-electron chi connectivity index (χ1n) is 5.41. The van der Waals surface area contributed by atoms with Crippen molar-refractivity contribution in [2.45, 2.75) is 33.6 Å². The van der Waals surface area contributed by atoms with Gasteiger partial charge in [0.2, 0.25) is 11.8 Å². The molecule has 1 fully saturated rings. The summed E-state index contributed by atoms with van der Waals surface area (Å²) in [6, 6.07) is 0. The van der Waals surface area contributed by atoms with Crippen molar-refractivity contribution in [2.75, 3.05) is 13.1 Å². The lowest BCUT2D eigenvalue weighted by molar-refractivity contribution is -0.142. The van der Waals surface area contributed by atoms with Crippen molar-refractivity contribution in [2.24, 2.45) is 17.1 Å². The Balaban J connectivity index is 2.64. The second kappa shape index (κ2) is 4.21. The quantitative estimate of drug-likeness (QED) is 0.697. The molecular formula is C11H20N2O2. The van der Waals surface area contributed by atoms with Gasteiger partial charge in [-0.15, -0.1) is 0 Å². The van der Waals surface area contributed by atoms with Crippen LogP contribution in [-0.4, -0.2) is 29.8 Å². The van der Waals surface area contributed by atoms with Crippen LogP contribution in [0.4, 0.5) is 0 Å². The lowest BCUT2D eigenvalue weighted by Crippen LogP contribution is -2.47. The Hall–Kier alpha value is -1.06. The minimum atomic E-state index is -0.375. The minimum absolute atomic E-state index is 0.105. The Morgan fingerprint density at radius 1 is 1.33 bits per heavy atom. The summed E-state index contributed by atoms with van der Waals surface area (Å²) in [7, 11) is 0. The molecule has 0 aromatic rings. The molecule has 0 aliphatic carbocycles. The fourth-order valence-corrected chi connectivity index (χ4v) is 1.87. The van der Waals surface area contributed by atoms with E-state index in [1.165, 1.54) is 0 Å². The molecule has 2 N–H and O–H groups in total. The van der Waals surface area contributed by atoms with Gasteiger partial charge in [0.15, 0.2) is 0 Å². The number of amides is 2. The molecule has 15 heavy (non-hydrogen) atoms. The van der Waals surface area contributed by atoms with E-state index < -0.39 is 0 Å².